The number of carbonyl (C=O) groups is 1. The minimum atomic E-state index is -0.922. The number of hydrogen-bond acceptors (Lipinski definition) is 3. The van der Waals surface area contributed by atoms with Crippen molar-refractivity contribution in [3.63, 3.8) is 0 Å². The van der Waals surface area contributed by atoms with Crippen molar-refractivity contribution in [3.8, 4) is 0 Å². The number of nitrogens with zero attached hydrogens (tertiary/aromatic N) is 1. The lowest BCUT2D eigenvalue weighted by atomic mass is 10.1. The largest absolute Gasteiger partial charge is 0.346 e. The molecule has 1 aromatic rings. The van der Waals surface area contributed by atoms with Crippen LogP contribution in [0.3, 0.4) is 0 Å². The maximum absolute atomic E-state index is 12.2. The average molecular weight is 307 g/mol. The van der Waals surface area contributed by atoms with Crippen molar-refractivity contribution >= 4 is 40.4 Å². The first-order valence-electron chi connectivity index (χ1n) is 5.91. The molecule has 2 atom stereocenters. The summed E-state index contributed by atoms with van der Waals surface area (Å²) in [4.78, 5) is 16.6. The molecule has 18 heavy (non-hydrogen) atoms. The second-order valence-electron chi connectivity index (χ2n) is 4.97. The molecule has 0 aliphatic heterocycles. The zero-order chi connectivity index (χ0) is 13.6. The smallest absolute Gasteiger partial charge is 0.229 e. The number of nitrogens with one attached hydrogen (secondary N) is 1. The van der Waals surface area contributed by atoms with Gasteiger partial charge < -0.3 is 5.32 Å². The number of amides is 1. The lowest BCUT2D eigenvalue weighted by Crippen LogP contribution is -2.36. The van der Waals surface area contributed by atoms with Crippen LogP contribution >= 0.6 is 34.5 Å². The van der Waals surface area contributed by atoms with E-state index in [0.717, 1.165) is 17.1 Å². The summed E-state index contributed by atoms with van der Waals surface area (Å²) >= 11 is 13.6. The first-order valence-corrected chi connectivity index (χ1v) is 7.54. The molecule has 1 fully saturated rings. The number of halogens is 2. The molecule has 1 aliphatic rings. The highest BCUT2D eigenvalue weighted by atomic mass is 35.5. The highest BCUT2D eigenvalue weighted by Gasteiger charge is 2.68. The molecule has 0 aromatic carbocycles. The van der Waals surface area contributed by atoms with E-state index in [1.54, 1.807) is 18.3 Å². The fourth-order valence-corrected chi connectivity index (χ4v) is 3.47. The Morgan fingerprint density at radius 1 is 1.67 bits per heavy atom. The Balaban J connectivity index is 2.06. The van der Waals surface area contributed by atoms with Gasteiger partial charge in [-0.3, -0.25) is 4.79 Å². The second kappa shape index (κ2) is 4.66. The van der Waals surface area contributed by atoms with Gasteiger partial charge in [0, 0.05) is 11.1 Å². The van der Waals surface area contributed by atoms with Crippen LogP contribution in [0.25, 0.3) is 0 Å². The van der Waals surface area contributed by atoms with Gasteiger partial charge in [-0.2, -0.15) is 0 Å². The Bertz CT molecular complexity index is 474. The van der Waals surface area contributed by atoms with Crippen molar-refractivity contribution in [1.29, 1.82) is 0 Å². The number of aryl methyl sites for hydroxylation is 1. The lowest BCUT2D eigenvalue weighted by molar-refractivity contribution is -0.126. The first-order chi connectivity index (χ1) is 8.30. The van der Waals surface area contributed by atoms with Crippen LogP contribution in [0.1, 0.15) is 43.4 Å². The van der Waals surface area contributed by atoms with E-state index in [2.05, 4.69) is 10.3 Å². The van der Waals surface area contributed by atoms with Crippen molar-refractivity contribution in [3.05, 3.63) is 16.1 Å². The molecule has 2 rings (SSSR count). The van der Waals surface area contributed by atoms with Gasteiger partial charge in [0.25, 0.3) is 0 Å². The normalized spacial score (nSPS) is 26.7. The molecule has 1 aromatic heterocycles. The summed E-state index contributed by atoms with van der Waals surface area (Å²) < 4.78 is -0.922. The Kier molecular flexibility index (Phi) is 3.65. The van der Waals surface area contributed by atoms with Gasteiger partial charge in [-0.1, -0.05) is 6.92 Å². The number of thiazole rings is 1. The zero-order valence-electron chi connectivity index (χ0n) is 10.6. The Morgan fingerprint density at radius 2 is 2.28 bits per heavy atom. The molecule has 1 aliphatic carbocycles. The Hall–Kier alpha value is -0.320. The number of aromatic nitrogens is 1. The number of alkyl halides is 2. The third-order valence-corrected chi connectivity index (χ3v) is 5.59. The van der Waals surface area contributed by atoms with Crippen molar-refractivity contribution in [2.24, 2.45) is 5.41 Å². The predicted molar refractivity (Wildman–Crippen MR) is 75.2 cm³/mol. The van der Waals surface area contributed by atoms with Crippen molar-refractivity contribution in [2.75, 3.05) is 0 Å². The highest BCUT2D eigenvalue weighted by molar-refractivity contribution is 7.09. The molecular weight excluding hydrogens is 291 g/mol. The summed E-state index contributed by atoms with van der Waals surface area (Å²) in [5, 5.41) is 5.91. The summed E-state index contributed by atoms with van der Waals surface area (Å²) in [5.74, 6) is -0.0906. The van der Waals surface area contributed by atoms with Crippen LogP contribution in [0.4, 0.5) is 0 Å². The van der Waals surface area contributed by atoms with Crippen molar-refractivity contribution in [1.82, 2.24) is 10.3 Å². The van der Waals surface area contributed by atoms with Crippen LogP contribution in [0.2, 0.25) is 0 Å². The molecule has 0 unspecified atom stereocenters. The van der Waals surface area contributed by atoms with Crippen molar-refractivity contribution < 1.29 is 4.79 Å². The number of carbonyl (C=O) groups excluding carboxylic acids is 1. The van der Waals surface area contributed by atoms with E-state index in [1.807, 2.05) is 19.2 Å². The molecule has 0 radical (unpaired) electrons. The van der Waals surface area contributed by atoms with Crippen LogP contribution in [0.5, 0.6) is 0 Å². The van der Waals surface area contributed by atoms with E-state index >= 15 is 0 Å². The fraction of sp³-hybridized carbons (Fsp3) is 0.667. The predicted octanol–water partition coefficient (Wildman–Crippen LogP) is 3.60. The third-order valence-electron chi connectivity index (χ3n) is 3.41. The van der Waals surface area contributed by atoms with E-state index in [4.69, 9.17) is 23.2 Å². The Labute approximate surface area is 121 Å². The van der Waals surface area contributed by atoms with Gasteiger partial charge in [-0.05, 0) is 26.7 Å². The van der Waals surface area contributed by atoms with E-state index in [1.165, 1.54) is 0 Å². The molecule has 1 N–H and O–H groups in total. The van der Waals surface area contributed by atoms with Gasteiger partial charge in [-0.15, -0.1) is 34.5 Å². The van der Waals surface area contributed by atoms with Crippen molar-refractivity contribution in [2.45, 2.75) is 44.0 Å². The molecule has 0 saturated heterocycles. The van der Waals surface area contributed by atoms with Gasteiger partial charge in [0.05, 0.1) is 11.5 Å². The van der Waals surface area contributed by atoms with Gasteiger partial charge in [0.1, 0.15) is 9.34 Å². The molecule has 0 spiro atoms. The van der Waals surface area contributed by atoms with E-state index in [9.17, 15) is 4.79 Å². The molecule has 1 saturated carbocycles. The van der Waals surface area contributed by atoms with Crippen LogP contribution in [-0.4, -0.2) is 15.2 Å². The third kappa shape index (κ3) is 2.38. The summed E-state index contributed by atoms with van der Waals surface area (Å²) in [6, 6.07) is -0.0576. The van der Waals surface area contributed by atoms with E-state index in [-0.39, 0.29) is 11.9 Å². The maximum Gasteiger partial charge on any atom is 0.229 e. The summed E-state index contributed by atoms with van der Waals surface area (Å²) in [7, 11) is 0. The van der Waals surface area contributed by atoms with Gasteiger partial charge in [-0.25, -0.2) is 4.98 Å². The SMILES string of the molecule is CC[C@H](NC(=O)[C@@]1(C)CC1(Cl)Cl)c1nc(C)cs1. The average Bonchev–Trinajstić information content (AvgIpc) is 2.62. The summed E-state index contributed by atoms with van der Waals surface area (Å²) in [5.41, 5.74) is 0.305. The van der Waals surface area contributed by atoms with Crippen LogP contribution in [0.15, 0.2) is 5.38 Å². The second-order valence-corrected chi connectivity index (χ2v) is 7.35. The first kappa shape index (κ1) is 14.1. The molecule has 1 amide bonds. The lowest BCUT2D eigenvalue weighted by Gasteiger charge is -2.18. The Morgan fingerprint density at radius 3 is 2.67 bits per heavy atom. The number of rotatable bonds is 4. The summed E-state index contributed by atoms with van der Waals surface area (Å²) in [6.45, 7) is 5.76. The fourth-order valence-electron chi connectivity index (χ4n) is 1.83. The van der Waals surface area contributed by atoms with Gasteiger partial charge in [0.15, 0.2) is 0 Å². The molecule has 1 heterocycles. The van der Waals surface area contributed by atoms with Gasteiger partial charge in [0.2, 0.25) is 5.91 Å². The number of hydrogen-bond donors (Lipinski definition) is 1. The van der Waals surface area contributed by atoms with Crippen LogP contribution < -0.4 is 5.32 Å². The quantitative estimate of drug-likeness (QED) is 0.864. The zero-order valence-corrected chi connectivity index (χ0v) is 12.9. The topological polar surface area (TPSA) is 42.0 Å². The van der Waals surface area contributed by atoms with Crippen LogP contribution in [0, 0.1) is 12.3 Å². The molecule has 0 bridgehead atoms. The minimum absolute atomic E-state index is 0.0576. The standard InChI is InChI=1S/C12H16Cl2N2OS/c1-4-8(9-15-7(2)5-18-9)16-10(17)11(3)6-12(11,13)14/h5,8H,4,6H2,1-3H3,(H,16,17)/t8-,11+/m0/s1. The molecule has 6 heteroatoms. The van der Waals surface area contributed by atoms with Gasteiger partial charge >= 0.3 is 0 Å². The van der Waals surface area contributed by atoms with E-state index in [0.29, 0.717) is 6.42 Å². The maximum atomic E-state index is 12.2. The molecule has 100 valence electrons. The van der Waals surface area contributed by atoms with Crippen LogP contribution in [-0.2, 0) is 4.79 Å². The minimum Gasteiger partial charge on any atom is -0.346 e. The summed E-state index contributed by atoms with van der Waals surface area (Å²) in [6.07, 6.45) is 1.30. The van der Waals surface area contributed by atoms with E-state index < -0.39 is 9.75 Å². The molecule has 3 nitrogen and oxygen atoms in total. The molecular formula is C12H16Cl2N2OS. The monoisotopic (exact) mass is 306 g/mol. The highest BCUT2D eigenvalue weighted by Crippen LogP contribution is 2.63.